The van der Waals surface area contributed by atoms with Crippen molar-refractivity contribution < 1.29 is 4.79 Å². The standard InChI is InChI=1S/C24H23Cl2N5O/c1-14(2)24(32)30(3)17-7-8-31(13-17)23-22(16-6-4-5-15(9-16)12-27)28-20-10-18(25)19(26)11-21(20)29-23/h4-6,9-11,14,17H,7-8,13H2,1-3H3/t17-/m0/s1. The third-order valence-corrected chi connectivity index (χ3v) is 6.53. The van der Waals surface area contributed by atoms with Crippen molar-refractivity contribution in [2.45, 2.75) is 26.3 Å². The highest BCUT2D eigenvalue weighted by Crippen LogP contribution is 2.35. The van der Waals surface area contributed by atoms with Crippen LogP contribution in [0.1, 0.15) is 25.8 Å². The molecule has 1 aliphatic rings. The van der Waals surface area contributed by atoms with E-state index in [9.17, 15) is 10.1 Å². The number of hydrogen-bond donors (Lipinski definition) is 0. The molecule has 0 unspecified atom stereocenters. The summed E-state index contributed by atoms with van der Waals surface area (Å²) in [5.74, 6) is 0.786. The Hall–Kier alpha value is -2.88. The number of carbonyl (C=O) groups excluding carboxylic acids is 1. The van der Waals surface area contributed by atoms with Crippen molar-refractivity contribution in [3.63, 3.8) is 0 Å². The number of halogens is 2. The quantitative estimate of drug-likeness (QED) is 0.529. The SMILES string of the molecule is CC(C)C(=O)N(C)[C@H]1CCN(c2nc3cc(Cl)c(Cl)cc3nc2-c2cccc(C#N)c2)C1. The van der Waals surface area contributed by atoms with Crippen LogP contribution in [0.15, 0.2) is 36.4 Å². The van der Waals surface area contributed by atoms with Gasteiger partial charge in [0, 0.05) is 31.6 Å². The zero-order valence-electron chi connectivity index (χ0n) is 18.1. The molecule has 0 bridgehead atoms. The molecule has 2 heterocycles. The number of fused-ring (bicyclic) bond motifs is 1. The Morgan fingerprint density at radius 1 is 1.19 bits per heavy atom. The predicted molar refractivity (Wildman–Crippen MR) is 128 cm³/mol. The van der Waals surface area contributed by atoms with Gasteiger partial charge >= 0.3 is 0 Å². The van der Waals surface area contributed by atoms with Crippen LogP contribution in [0.25, 0.3) is 22.3 Å². The molecule has 0 aliphatic carbocycles. The normalized spacial score (nSPS) is 15.9. The first-order valence-electron chi connectivity index (χ1n) is 10.5. The van der Waals surface area contributed by atoms with Crippen LogP contribution >= 0.6 is 23.2 Å². The third-order valence-electron chi connectivity index (χ3n) is 5.81. The number of amides is 1. The van der Waals surface area contributed by atoms with E-state index in [0.29, 0.717) is 44.7 Å². The molecule has 0 spiro atoms. The maximum Gasteiger partial charge on any atom is 0.225 e. The van der Waals surface area contributed by atoms with Gasteiger partial charge in [0.1, 0.15) is 5.69 Å². The van der Waals surface area contributed by atoms with Gasteiger partial charge in [-0.05, 0) is 30.7 Å². The van der Waals surface area contributed by atoms with Crippen LogP contribution in [0, 0.1) is 17.2 Å². The highest BCUT2D eigenvalue weighted by Gasteiger charge is 2.31. The number of benzene rings is 2. The molecule has 164 valence electrons. The largest absolute Gasteiger partial charge is 0.353 e. The maximum atomic E-state index is 12.5. The molecule has 8 heteroatoms. The van der Waals surface area contributed by atoms with E-state index in [4.69, 9.17) is 33.2 Å². The topological polar surface area (TPSA) is 73.1 Å². The third kappa shape index (κ3) is 4.23. The Kier molecular flexibility index (Phi) is 6.23. The summed E-state index contributed by atoms with van der Waals surface area (Å²) in [6.07, 6.45) is 0.841. The minimum Gasteiger partial charge on any atom is -0.353 e. The van der Waals surface area contributed by atoms with Gasteiger partial charge in [-0.25, -0.2) is 9.97 Å². The summed E-state index contributed by atoms with van der Waals surface area (Å²) in [4.78, 5) is 26.2. The molecule has 1 fully saturated rings. The fourth-order valence-electron chi connectivity index (χ4n) is 4.03. The predicted octanol–water partition coefficient (Wildman–Crippen LogP) is 5.17. The summed E-state index contributed by atoms with van der Waals surface area (Å²) in [6, 6.07) is 13.0. The number of anilines is 1. The zero-order chi connectivity index (χ0) is 23.0. The van der Waals surface area contributed by atoms with Crippen molar-refractivity contribution in [3.8, 4) is 17.3 Å². The van der Waals surface area contributed by atoms with E-state index in [1.54, 1.807) is 24.3 Å². The Bertz CT molecular complexity index is 1240. The lowest BCUT2D eigenvalue weighted by molar-refractivity contribution is -0.134. The number of nitriles is 1. The summed E-state index contributed by atoms with van der Waals surface area (Å²) in [7, 11) is 1.86. The zero-order valence-corrected chi connectivity index (χ0v) is 19.7. The number of nitrogens with zero attached hydrogens (tertiary/aromatic N) is 5. The molecule has 1 atom stereocenters. The van der Waals surface area contributed by atoms with Crippen LogP contribution in [0.2, 0.25) is 10.0 Å². The molecule has 1 aromatic heterocycles. The molecule has 0 radical (unpaired) electrons. The van der Waals surface area contributed by atoms with Crippen molar-refractivity contribution in [1.29, 1.82) is 5.26 Å². The van der Waals surface area contributed by atoms with Crippen molar-refractivity contribution in [1.82, 2.24) is 14.9 Å². The van der Waals surface area contributed by atoms with E-state index in [0.717, 1.165) is 18.5 Å². The molecule has 1 amide bonds. The van der Waals surface area contributed by atoms with Gasteiger partial charge in [-0.15, -0.1) is 0 Å². The molecule has 6 nitrogen and oxygen atoms in total. The second-order valence-electron chi connectivity index (χ2n) is 8.34. The second-order valence-corrected chi connectivity index (χ2v) is 9.15. The van der Waals surface area contributed by atoms with Gasteiger partial charge in [0.25, 0.3) is 0 Å². The first-order chi connectivity index (χ1) is 15.3. The molecular weight excluding hydrogens is 445 g/mol. The number of aromatic nitrogens is 2. The molecule has 2 aromatic carbocycles. The minimum atomic E-state index is -0.0503. The second kappa shape index (κ2) is 8.93. The highest BCUT2D eigenvalue weighted by molar-refractivity contribution is 6.42. The van der Waals surface area contributed by atoms with Gasteiger partial charge in [-0.1, -0.05) is 49.2 Å². The average molecular weight is 468 g/mol. The lowest BCUT2D eigenvalue weighted by atomic mass is 10.1. The van der Waals surface area contributed by atoms with Crippen molar-refractivity contribution in [2.24, 2.45) is 5.92 Å². The van der Waals surface area contributed by atoms with E-state index in [1.165, 1.54) is 0 Å². The fraction of sp³-hybridized carbons (Fsp3) is 0.333. The number of rotatable bonds is 4. The smallest absolute Gasteiger partial charge is 0.225 e. The van der Waals surface area contributed by atoms with Crippen molar-refractivity contribution >= 4 is 46.0 Å². The summed E-state index contributed by atoms with van der Waals surface area (Å²) >= 11 is 12.5. The molecule has 32 heavy (non-hydrogen) atoms. The van der Waals surface area contributed by atoms with Gasteiger partial charge in [0.15, 0.2) is 5.82 Å². The van der Waals surface area contributed by atoms with E-state index < -0.39 is 0 Å². The number of hydrogen-bond acceptors (Lipinski definition) is 5. The van der Waals surface area contributed by atoms with Gasteiger partial charge < -0.3 is 9.80 Å². The Morgan fingerprint density at radius 2 is 1.88 bits per heavy atom. The van der Waals surface area contributed by atoms with E-state index >= 15 is 0 Å². The molecule has 1 aliphatic heterocycles. The first-order valence-corrected chi connectivity index (χ1v) is 11.2. The summed E-state index contributed by atoms with van der Waals surface area (Å²) < 4.78 is 0. The van der Waals surface area contributed by atoms with Crippen molar-refractivity contribution in [2.75, 3.05) is 25.0 Å². The van der Waals surface area contributed by atoms with Crippen LogP contribution in [-0.2, 0) is 4.79 Å². The summed E-state index contributed by atoms with van der Waals surface area (Å²) in [5.41, 5.74) is 3.29. The van der Waals surface area contributed by atoms with Gasteiger partial charge in [0.05, 0.1) is 38.8 Å². The minimum absolute atomic E-state index is 0.0503. The van der Waals surface area contributed by atoms with E-state index in [-0.39, 0.29) is 17.9 Å². The van der Waals surface area contributed by atoms with Crippen LogP contribution in [0.5, 0.6) is 0 Å². The van der Waals surface area contributed by atoms with Crippen LogP contribution in [-0.4, -0.2) is 47.0 Å². The van der Waals surface area contributed by atoms with Gasteiger partial charge in [0.2, 0.25) is 5.91 Å². The Balaban J connectivity index is 1.80. The molecular formula is C24H23Cl2N5O. The fourth-order valence-corrected chi connectivity index (χ4v) is 4.35. The van der Waals surface area contributed by atoms with Crippen LogP contribution in [0.4, 0.5) is 5.82 Å². The molecule has 0 saturated carbocycles. The maximum absolute atomic E-state index is 12.5. The molecule has 1 saturated heterocycles. The molecule has 3 aromatic rings. The number of likely N-dealkylation sites (N-methyl/N-ethyl adjacent to an activating group) is 1. The Labute approximate surface area is 197 Å². The lowest BCUT2D eigenvalue weighted by Crippen LogP contribution is -2.41. The first kappa shape index (κ1) is 22.3. The summed E-state index contributed by atoms with van der Waals surface area (Å²) in [6.45, 7) is 5.22. The highest BCUT2D eigenvalue weighted by atomic mass is 35.5. The molecule has 4 rings (SSSR count). The van der Waals surface area contributed by atoms with Crippen LogP contribution in [0.3, 0.4) is 0 Å². The average Bonchev–Trinajstić information content (AvgIpc) is 3.28. The molecule has 0 N–H and O–H groups in total. The van der Waals surface area contributed by atoms with E-state index in [1.807, 2.05) is 37.9 Å². The van der Waals surface area contributed by atoms with Crippen molar-refractivity contribution in [3.05, 3.63) is 52.0 Å². The van der Waals surface area contributed by atoms with E-state index in [2.05, 4.69) is 11.0 Å². The number of carbonyl (C=O) groups is 1. The van der Waals surface area contributed by atoms with Gasteiger partial charge in [-0.2, -0.15) is 5.26 Å². The monoisotopic (exact) mass is 467 g/mol. The lowest BCUT2D eigenvalue weighted by Gasteiger charge is -2.27. The van der Waals surface area contributed by atoms with Gasteiger partial charge in [-0.3, -0.25) is 4.79 Å². The summed E-state index contributed by atoms with van der Waals surface area (Å²) in [5, 5.41) is 10.2. The Morgan fingerprint density at radius 3 is 2.53 bits per heavy atom. The van der Waals surface area contributed by atoms with Crippen LogP contribution < -0.4 is 4.90 Å².